The van der Waals surface area contributed by atoms with Crippen LogP contribution in [0.3, 0.4) is 0 Å². The van der Waals surface area contributed by atoms with Gasteiger partial charge < -0.3 is 0 Å². The van der Waals surface area contributed by atoms with E-state index < -0.39 is 27.4 Å². The Balaban J connectivity index is 1.86. The van der Waals surface area contributed by atoms with Crippen LogP contribution in [0.4, 0.5) is 11.4 Å². The number of anilines is 1. The Labute approximate surface area is 208 Å². The van der Waals surface area contributed by atoms with E-state index in [2.05, 4.69) is 10.5 Å². The summed E-state index contributed by atoms with van der Waals surface area (Å²) in [6.07, 6.45) is 1.89. The maximum atomic E-state index is 13.5. The number of aryl methyl sites for hydroxylation is 1. The topological polar surface area (TPSA) is 122 Å². The first-order valence-electron chi connectivity index (χ1n) is 10.4. The average molecular weight is 513 g/mol. The van der Waals surface area contributed by atoms with Gasteiger partial charge in [-0.05, 0) is 56.5 Å². The first-order valence-corrected chi connectivity index (χ1v) is 13.1. The molecule has 1 amide bonds. The number of sulfonamides is 1. The normalized spacial score (nSPS) is 11.7. The van der Waals surface area contributed by atoms with Crippen LogP contribution in [-0.2, 0) is 14.8 Å². The van der Waals surface area contributed by atoms with Crippen molar-refractivity contribution < 1.29 is 18.1 Å². The molecule has 182 valence electrons. The minimum Gasteiger partial charge on any atom is -0.271 e. The molecule has 0 saturated heterocycles. The molecule has 3 aromatic carbocycles. The molecule has 0 heterocycles. The van der Waals surface area contributed by atoms with E-state index in [9.17, 15) is 23.3 Å². The Morgan fingerprint density at radius 2 is 1.74 bits per heavy atom. The van der Waals surface area contributed by atoms with E-state index in [1.165, 1.54) is 42.1 Å². The molecule has 11 heteroatoms. The smallest absolute Gasteiger partial charge is 0.270 e. The highest BCUT2D eigenvalue weighted by atomic mass is 32.2. The summed E-state index contributed by atoms with van der Waals surface area (Å²) in [5.74, 6) is -0.667. The molecule has 3 aromatic rings. The predicted octanol–water partition coefficient (Wildman–Crippen LogP) is 4.36. The second-order valence-corrected chi connectivity index (χ2v) is 10.3. The summed E-state index contributed by atoms with van der Waals surface area (Å²) in [6, 6.07) is 19.0. The van der Waals surface area contributed by atoms with Crippen LogP contribution in [-0.4, -0.2) is 37.8 Å². The molecule has 0 spiro atoms. The third kappa shape index (κ3) is 6.46. The molecular weight excluding hydrogens is 488 g/mol. The first-order chi connectivity index (χ1) is 16.6. The average Bonchev–Trinajstić information content (AvgIpc) is 2.86. The lowest BCUT2D eigenvalue weighted by Gasteiger charge is -2.24. The number of nitrogens with zero attached hydrogens (tertiary/aromatic N) is 3. The first kappa shape index (κ1) is 25.9. The molecule has 1 N–H and O–H groups in total. The number of nitro benzene ring substituents is 1. The summed E-state index contributed by atoms with van der Waals surface area (Å²) in [5.41, 5.74) is 4.31. The standard InChI is InChI=1S/C24H24N4O5S2/c1-17-7-9-20(10-8-17)27(35(32,33)23-13-11-22(34-3)12-14-23)16-24(29)26-25-18(2)19-5-4-6-21(15-19)28(30)31/h4-15H,16H2,1-3H3,(H,26,29)/b25-18-. The van der Waals surface area contributed by atoms with Gasteiger partial charge in [0, 0.05) is 22.6 Å². The van der Waals surface area contributed by atoms with Crippen LogP contribution >= 0.6 is 11.8 Å². The number of hydrogen-bond donors (Lipinski definition) is 1. The number of amides is 1. The Morgan fingerprint density at radius 3 is 2.34 bits per heavy atom. The monoisotopic (exact) mass is 512 g/mol. The zero-order chi connectivity index (χ0) is 25.6. The number of nitrogens with one attached hydrogen (secondary N) is 1. The molecule has 0 aliphatic carbocycles. The molecule has 0 aliphatic heterocycles. The molecule has 3 rings (SSSR count). The van der Waals surface area contributed by atoms with E-state index in [0.29, 0.717) is 17.0 Å². The van der Waals surface area contributed by atoms with Crippen molar-refractivity contribution >= 4 is 44.8 Å². The van der Waals surface area contributed by atoms with Crippen LogP contribution < -0.4 is 9.73 Å². The zero-order valence-electron chi connectivity index (χ0n) is 19.3. The van der Waals surface area contributed by atoms with Crippen molar-refractivity contribution in [3.63, 3.8) is 0 Å². The Hall–Kier alpha value is -3.70. The second kappa shape index (κ2) is 11.2. The van der Waals surface area contributed by atoms with E-state index in [4.69, 9.17) is 0 Å². The van der Waals surface area contributed by atoms with Crippen molar-refractivity contribution in [2.45, 2.75) is 23.6 Å². The van der Waals surface area contributed by atoms with E-state index in [1.807, 2.05) is 13.2 Å². The molecule has 0 atom stereocenters. The second-order valence-electron chi connectivity index (χ2n) is 7.56. The van der Waals surface area contributed by atoms with E-state index in [-0.39, 0.29) is 10.6 Å². The summed E-state index contributed by atoms with van der Waals surface area (Å²) < 4.78 is 27.9. The molecule has 0 aliphatic rings. The van der Waals surface area contributed by atoms with Gasteiger partial charge in [-0.3, -0.25) is 19.2 Å². The minimum atomic E-state index is -4.05. The van der Waals surface area contributed by atoms with Gasteiger partial charge in [0.15, 0.2) is 0 Å². The van der Waals surface area contributed by atoms with Crippen LogP contribution in [0, 0.1) is 17.0 Å². The lowest BCUT2D eigenvalue weighted by molar-refractivity contribution is -0.384. The van der Waals surface area contributed by atoms with Crippen LogP contribution in [0.1, 0.15) is 18.1 Å². The Morgan fingerprint density at radius 1 is 1.09 bits per heavy atom. The van der Waals surface area contributed by atoms with Gasteiger partial charge in [-0.2, -0.15) is 5.10 Å². The van der Waals surface area contributed by atoms with Crippen LogP contribution in [0.15, 0.2) is 87.7 Å². The number of thioether (sulfide) groups is 1. The molecule has 0 fully saturated rings. The summed E-state index contributed by atoms with van der Waals surface area (Å²) >= 11 is 1.49. The molecule has 0 aromatic heterocycles. The predicted molar refractivity (Wildman–Crippen MR) is 137 cm³/mol. The van der Waals surface area contributed by atoms with Gasteiger partial charge in [-0.1, -0.05) is 29.8 Å². The summed E-state index contributed by atoms with van der Waals surface area (Å²) in [4.78, 5) is 24.2. The fourth-order valence-corrected chi connectivity index (χ4v) is 4.95. The fourth-order valence-electron chi connectivity index (χ4n) is 3.12. The van der Waals surface area contributed by atoms with Crippen molar-refractivity contribution in [3.05, 3.63) is 94.0 Å². The number of non-ortho nitro benzene ring substituents is 1. The maximum Gasteiger partial charge on any atom is 0.270 e. The highest BCUT2D eigenvalue weighted by Gasteiger charge is 2.27. The van der Waals surface area contributed by atoms with E-state index in [0.717, 1.165) is 14.8 Å². The molecule has 35 heavy (non-hydrogen) atoms. The molecule has 0 radical (unpaired) electrons. The number of carbonyl (C=O) groups excluding carboxylic acids is 1. The van der Waals surface area contributed by atoms with Gasteiger partial charge >= 0.3 is 0 Å². The number of hydrogen-bond acceptors (Lipinski definition) is 7. The zero-order valence-corrected chi connectivity index (χ0v) is 21.0. The summed E-state index contributed by atoms with van der Waals surface area (Å²) in [6.45, 7) is 2.95. The molecular formula is C24H24N4O5S2. The van der Waals surface area contributed by atoms with Crippen LogP contribution in [0.5, 0.6) is 0 Å². The molecule has 0 unspecified atom stereocenters. The molecule has 9 nitrogen and oxygen atoms in total. The van der Waals surface area contributed by atoms with Gasteiger partial charge in [0.2, 0.25) is 0 Å². The van der Waals surface area contributed by atoms with Crippen molar-refractivity contribution in [1.82, 2.24) is 5.43 Å². The largest absolute Gasteiger partial charge is 0.271 e. The van der Waals surface area contributed by atoms with Crippen molar-refractivity contribution in [3.8, 4) is 0 Å². The molecule has 0 saturated carbocycles. The Kier molecular flexibility index (Phi) is 8.26. The summed E-state index contributed by atoms with van der Waals surface area (Å²) in [7, 11) is -4.05. The fraction of sp³-hybridized carbons (Fsp3) is 0.167. The van der Waals surface area contributed by atoms with Crippen molar-refractivity contribution in [1.29, 1.82) is 0 Å². The SMILES string of the molecule is CSc1ccc(S(=O)(=O)N(CC(=O)N/N=C(/C)c2cccc([N+](=O)[O-])c2)c2ccc(C)cc2)cc1. The van der Waals surface area contributed by atoms with Crippen molar-refractivity contribution in [2.75, 3.05) is 17.1 Å². The lowest BCUT2D eigenvalue weighted by Crippen LogP contribution is -2.39. The van der Waals surface area contributed by atoms with Gasteiger partial charge in [0.05, 0.1) is 21.2 Å². The highest BCUT2D eigenvalue weighted by molar-refractivity contribution is 7.98. The summed E-state index contributed by atoms with van der Waals surface area (Å²) in [5, 5.41) is 15.0. The van der Waals surface area contributed by atoms with Crippen LogP contribution in [0.2, 0.25) is 0 Å². The number of carbonyl (C=O) groups is 1. The minimum absolute atomic E-state index is 0.0555. The van der Waals surface area contributed by atoms with E-state index in [1.54, 1.807) is 49.4 Å². The lowest BCUT2D eigenvalue weighted by atomic mass is 10.1. The number of nitro groups is 1. The Bertz CT molecular complexity index is 1360. The molecule has 0 bridgehead atoms. The van der Waals surface area contributed by atoms with Gasteiger partial charge in [-0.25, -0.2) is 13.8 Å². The number of rotatable bonds is 9. The number of hydrazone groups is 1. The third-order valence-corrected chi connectivity index (χ3v) is 7.61. The van der Waals surface area contributed by atoms with Gasteiger partial charge in [0.1, 0.15) is 6.54 Å². The van der Waals surface area contributed by atoms with Crippen molar-refractivity contribution in [2.24, 2.45) is 5.10 Å². The van der Waals surface area contributed by atoms with E-state index >= 15 is 0 Å². The third-order valence-electron chi connectivity index (χ3n) is 5.08. The number of benzene rings is 3. The van der Waals surface area contributed by atoms with Gasteiger partial charge in [0.25, 0.3) is 21.6 Å². The van der Waals surface area contributed by atoms with Gasteiger partial charge in [-0.15, -0.1) is 11.8 Å². The highest BCUT2D eigenvalue weighted by Crippen LogP contribution is 2.25. The maximum absolute atomic E-state index is 13.5. The van der Waals surface area contributed by atoms with Crippen LogP contribution in [0.25, 0.3) is 0 Å². The quantitative estimate of drug-likeness (QED) is 0.197.